The molecule has 0 spiro atoms. The summed E-state index contributed by atoms with van der Waals surface area (Å²) in [6.07, 6.45) is 0.558. The molecule has 0 aliphatic carbocycles. The second kappa shape index (κ2) is 7.52. The van der Waals surface area contributed by atoms with Gasteiger partial charge in [-0.2, -0.15) is 0 Å². The van der Waals surface area contributed by atoms with Crippen LogP contribution in [0.25, 0.3) is 0 Å². The first-order valence-electron chi connectivity index (χ1n) is 9.08. The Balaban J connectivity index is 1.87. The molecule has 0 radical (unpaired) electrons. The molecule has 2 N–H and O–H groups in total. The second-order valence-electron chi connectivity index (χ2n) is 7.35. The van der Waals surface area contributed by atoms with E-state index in [1.807, 2.05) is 25.7 Å². The first kappa shape index (κ1) is 20.3. The smallest absolute Gasteiger partial charge is 0.246 e. The minimum absolute atomic E-state index is 0.0385. The molecule has 2 aromatic carbocycles. The molecule has 0 aromatic heterocycles. The van der Waals surface area contributed by atoms with Crippen molar-refractivity contribution in [2.24, 2.45) is 5.14 Å². The standard InChI is InChI=1S/C20H24FN3O3S/c1-13(2)23(17-6-4-16(21)5-7-17)12-20(25)24-14(3)10-15-11-18(28(22,26)27)8-9-19(15)24/h4-9,11,13-14H,10,12H2,1-3H3,(H2,22,26,27)/t14-/m1/s1. The molecule has 2 aromatic rings. The van der Waals surface area contributed by atoms with Crippen LogP contribution in [0.15, 0.2) is 47.4 Å². The van der Waals surface area contributed by atoms with Gasteiger partial charge in [-0.15, -0.1) is 0 Å². The number of halogens is 1. The van der Waals surface area contributed by atoms with E-state index in [2.05, 4.69) is 0 Å². The number of rotatable bonds is 5. The molecule has 0 bridgehead atoms. The summed E-state index contributed by atoms with van der Waals surface area (Å²) in [6.45, 7) is 5.99. The summed E-state index contributed by atoms with van der Waals surface area (Å²) in [4.78, 5) is 16.8. The average molecular weight is 405 g/mol. The molecule has 8 heteroatoms. The lowest BCUT2D eigenvalue weighted by molar-refractivity contribution is -0.117. The fraction of sp³-hybridized carbons (Fsp3) is 0.350. The number of fused-ring (bicyclic) bond motifs is 1. The van der Waals surface area contributed by atoms with Crippen LogP contribution in [0.1, 0.15) is 26.3 Å². The van der Waals surface area contributed by atoms with Gasteiger partial charge in [0.05, 0.1) is 11.4 Å². The number of carbonyl (C=O) groups excluding carboxylic acids is 1. The molecule has 0 fully saturated rings. The van der Waals surface area contributed by atoms with Crippen molar-refractivity contribution >= 4 is 27.3 Å². The minimum atomic E-state index is -3.79. The van der Waals surface area contributed by atoms with Gasteiger partial charge >= 0.3 is 0 Å². The zero-order chi connectivity index (χ0) is 20.6. The van der Waals surface area contributed by atoms with Gasteiger partial charge in [0.2, 0.25) is 15.9 Å². The molecule has 6 nitrogen and oxygen atoms in total. The molecule has 1 aliphatic rings. The monoisotopic (exact) mass is 405 g/mol. The topological polar surface area (TPSA) is 83.7 Å². The van der Waals surface area contributed by atoms with E-state index in [4.69, 9.17) is 5.14 Å². The third kappa shape index (κ3) is 4.02. The highest BCUT2D eigenvalue weighted by molar-refractivity contribution is 7.89. The molecule has 1 atom stereocenters. The Labute approximate surface area is 164 Å². The normalized spacial score (nSPS) is 16.4. The van der Waals surface area contributed by atoms with Crippen LogP contribution in [-0.4, -0.2) is 33.0 Å². The van der Waals surface area contributed by atoms with E-state index in [9.17, 15) is 17.6 Å². The number of amides is 1. The molecule has 150 valence electrons. The average Bonchev–Trinajstić information content (AvgIpc) is 2.94. The SMILES string of the molecule is CC(C)N(CC(=O)N1c2ccc(S(N)(=O)=O)cc2C[C@H]1C)c1ccc(F)cc1. The molecule has 3 rings (SSSR count). The van der Waals surface area contributed by atoms with Crippen LogP contribution in [0.5, 0.6) is 0 Å². The number of anilines is 2. The number of nitrogens with zero attached hydrogens (tertiary/aromatic N) is 2. The lowest BCUT2D eigenvalue weighted by Gasteiger charge is -2.32. The molecule has 0 saturated heterocycles. The van der Waals surface area contributed by atoms with E-state index in [1.54, 1.807) is 23.1 Å². The summed E-state index contributed by atoms with van der Waals surface area (Å²) in [7, 11) is -3.79. The van der Waals surface area contributed by atoms with E-state index in [1.165, 1.54) is 24.3 Å². The number of primary sulfonamides is 1. The van der Waals surface area contributed by atoms with E-state index >= 15 is 0 Å². The first-order valence-corrected chi connectivity index (χ1v) is 10.6. The van der Waals surface area contributed by atoms with Crippen LogP contribution < -0.4 is 14.9 Å². The molecule has 1 heterocycles. The van der Waals surface area contributed by atoms with Crippen molar-refractivity contribution in [3.05, 3.63) is 53.8 Å². The van der Waals surface area contributed by atoms with Gasteiger partial charge in [-0.05, 0) is 75.2 Å². The quantitative estimate of drug-likeness (QED) is 0.829. The molecule has 1 aliphatic heterocycles. The fourth-order valence-corrected chi connectivity index (χ4v) is 4.16. The second-order valence-corrected chi connectivity index (χ2v) is 8.91. The van der Waals surface area contributed by atoms with Gasteiger partial charge in [-0.3, -0.25) is 4.79 Å². The van der Waals surface area contributed by atoms with Crippen LogP contribution in [0.3, 0.4) is 0 Å². The number of sulfonamides is 1. The Bertz CT molecular complexity index is 990. The third-order valence-corrected chi connectivity index (χ3v) is 5.86. The number of hydrogen-bond donors (Lipinski definition) is 1. The highest BCUT2D eigenvalue weighted by atomic mass is 32.2. The zero-order valence-corrected chi connectivity index (χ0v) is 16.9. The largest absolute Gasteiger partial charge is 0.360 e. The molecule has 0 unspecified atom stereocenters. The van der Waals surface area contributed by atoms with Crippen LogP contribution in [0.4, 0.5) is 15.8 Å². The molecular weight excluding hydrogens is 381 g/mol. The number of benzene rings is 2. The van der Waals surface area contributed by atoms with E-state index in [0.29, 0.717) is 12.1 Å². The highest BCUT2D eigenvalue weighted by Crippen LogP contribution is 2.34. The molecular formula is C20H24FN3O3S. The van der Waals surface area contributed by atoms with Gasteiger partial charge in [-0.25, -0.2) is 17.9 Å². The Kier molecular flexibility index (Phi) is 5.45. The lowest BCUT2D eigenvalue weighted by atomic mass is 10.1. The fourth-order valence-electron chi connectivity index (χ4n) is 3.59. The predicted octanol–water partition coefficient (Wildman–Crippen LogP) is 2.67. The van der Waals surface area contributed by atoms with Crippen LogP contribution in [0, 0.1) is 5.82 Å². The van der Waals surface area contributed by atoms with Gasteiger partial charge in [0, 0.05) is 23.5 Å². The van der Waals surface area contributed by atoms with Crippen molar-refractivity contribution in [3.8, 4) is 0 Å². The number of carbonyl (C=O) groups is 1. The number of nitrogens with two attached hydrogens (primary N) is 1. The van der Waals surface area contributed by atoms with Crippen molar-refractivity contribution < 1.29 is 17.6 Å². The van der Waals surface area contributed by atoms with Crippen LogP contribution >= 0.6 is 0 Å². The first-order chi connectivity index (χ1) is 13.1. The van der Waals surface area contributed by atoms with Crippen molar-refractivity contribution in [2.45, 2.75) is 44.2 Å². The summed E-state index contributed by atoms with van der Waals surface area (Å²) in [6, 6.07) is 10.6. The molecule has 28 heavy (non-hydrogen) atoms. The number of hydrogen-bond acceptors (Lipinski definition) is 4. The van der Waals surface area contributed by atoms with Crippen molar-refractivity contribution in [1.29, 1.82) is 0 Å². The summed E-state index contributed by atoms with van der Waals surface area (Å²) in [5.74, 6) is -0.431. The Morgan fingerprint density at radius 1 is 1.25 bits per heavy atom. The summed E-state index contributed by atoms with van der Waals surface area (Å²) in [5.41, 5.74) is 2.25. The summed E-state index contributed by atoms with van der Waals surface area (Å²) < 4.78 is 36.4. The van der Waals surface area contributed by atoms with Crippen molar-refractivity contribution in [3.63, 3.8) is 0 Å². The minimum Gasteiger partial charge on any atom is -0.360 e. The summed E-state index contributed by atoms with van der Waals surface area (Å²) in [5, 5.41) is 5.21. The maximum Gasteiger partial charge on any atom is 0.246 e. The third-order valence-electron chi connectivity index (χ3n) is 4.95. The van der Waals surface area contributed by atoms with Crippen molar-refractivity contribution in [2.75, 3.05) is 16.3 Å². The predicted molar refractivity (Wildman–Crippen MR) is 107 cm³/mol. The lowest BCUT2D eigenvalue weighted by Crippen LogP contribution is -2.45. The molecule has 1 amide bonds. The zero-order valence-electron chi connectivity index (χ0n) is 16.1. The van der Waals surface area contributed by atoms with E-state index in [-0.39, 0.29) is 35.2 Å². The summed E-state index contributed by atoms with van der Waals surface area (Å²) >= 11 is 0. The van der Waals surface area contributed by atoms with E-state index in [0.717, 1.165) is 11.3 Å². The van der Waals surface area contributed by atoms with Gasteiger partial charge < -0.3 is 9.80 Å². The van der Waals surface area contributed by atoms with Crippen LogP contribution in [-0.2, 0) is 21.2 Å². The Morgan fingerprint density at radius 2 is 1.89 bits per heavy atom. The Hall–Kier alpha value is -2.45. The highest BCUT2D eigenvalue weighted by Gasteiger charge is 2.32. The van der Waals surface area contributed by atoms with Gasteiger partial charge in [0.25, 0.3) is 0 Å². The van der Waals surface area contributed by atoms with Gasteiger partial charge in [-0.1, -0.05) is 0 Å². The van der Waals surface area contributed by atoms with Crippen molar-refractivity contribution in [1.82, 2.24) is 0 Å². The maximum absolute atomic E-state index is 13.2. The molecule has 0 saturated carbocycles. The van der Waals surface area contributed by atoms with E-state index < -0.39 is 10.0 Å². The van der Waals surface area contributed by atoms with Gasteiger partial charge in [0.15, 0.2) is 0 Å². The Morgan fingerprint density at radius 3 is 2.46 bits per heavy atom. The van der Waals surface area contributed by atoms with Crippen LogP contribution in [0.2, 0.25) is 0 Å². The van der Waals surface area contributed by atoms with Gasteiger partial charge in [0.1, 0.15) is 5.82 Å². The maximum atomic E-state index is 13.2.